The molecule has 0 N–H and O–H groups in total. The van der Waals surface area contributed by atoms with Gasteiger partial charge in [-0.05, 0) is 24.3 Å². The van der Waals surface area contributed by atoms with Gasteiger partial charge in [0.25, 0.3) is 0 Å². The molecule has 1 aromatic carbocycles. The Morgan fingerprint density at radius 3 is 2.61 bits per heavy atom. The van der Waals surface area contributed by atoms with Gasteiger partial charge in [-0.15, -0.1) is 0 Å². The van der Waals surface area contributed by atoms with Crippen LogP contribution in [0.1, 0.15) is 22.3 Å². The van der Waals surface area contributed by atoms with E-state index in [4.69, 9.17) is 4.74 Å². The first-order valence-electron chi connectivity index (χ1n) is 5.14. The van der Waals surface area contributed by atoms with Crippen LogP contribution >= 0.6 is 15.9 Å². The number of carbonyl (C=O) groups is 1. The predicted octanol–water partition coefficient (Wildman–Crippen LogP) is 3.95. The summed E-state index contributed by atoms with van der Waals surface area (Å²) in [5.74, 6) is -0.741. The molecule has 1 aliphatic heterocycles. The molecule has 0 saturated heterocycles. The zero-order valence-electron chi connectivity index (χ0n) is 9.05. The first kappa shape index (κ1) is 13.1. The Morgan fingerprint density at radius 2 is 2.06 bits per heavy atom. The van der Waals surface area contributed by atoms with Gasteiger partial charge in [-0.3, -0.25) is 4.79 Å². The summed E-state index contributed by atoms with van der Waals surface area (Å²) in [5, 5.41) is 0. The minimum atomic E-state index is -4.58. The largest absolute Gasteiger partial charge is 0.489 e. The summed E-state index contributed by atoms with van der Waals surface area (Å²) in [5.41, 5.74) is -1.35. The number of carbonyl (C=O) groups excluding carboxylic acids is 1. The van der Waals surface area contributed by atoms with Gasteiger partial charge in [0.05, 0.1) is 12.2 Å². The number of halogens is 4. The van der Waals surface area contributed by atoms with Crippen LogP contribution in [0.4, 0.5) is 13.2 Å². The van der Waals surface area contributed by atoms with E-state index in [1.54, 1.807) is 0 Å². The van der Waals surface area contributed by atoms with Gasteiger partial charge < -0.3 is 4.74 Å². The molecule has 0 aliphatic carbocycles. The van der Waals surface area contributed by atoms with Gasteiger partial charge in [0.15, 0.2) is 5.76 Å². The van der Waals surface area contributed by atoms with E-state index in [1.807, 2.05) is 0 Å². The topological polar surface area (TPSA) is 26.3 Å². The zero-order valence-corrected chi connectivity index (χ0v) is 10.6. The van der Waals surface area contributed by atoms with Crippen molar-refractivity contribution >= 4 is 21.7 Å². The Balaban J connectivity index is 2.47. The molecular weight excluding hydrogens is 313 g/mol. The van der Waals surface area contributed by atoms with E-state index in [2.05, 4.69) is 15.9 Å². The first-order chi connectivity index (χ1) is 8.39. The van der Waals surface area contributed by atoms with Crippen molar-refractivity contribution in [2.45, 2.75) is 12.6 Å². The van der Waals surface area contributed by atoms with Crippen LogP contribution in [-0.2, 0) is 10.9 Å². The highest BCUT2D eigenvalue weighted by atomic mass is 79.9. The molecule has 0 amide bonds. The Kier molecular flexibility index (Phi) is 3.47. The number of allylic oxidation sites excluding steroid dienone is 1. The van der Waals surface area contributed by atoms with E-state index in [9.17, 15) is 18.0 Å². The van der Waals surface area contributed by atoms with Gasteiger partial charge in [0.2, 0.25) is 5.78 Å². The van der Waals surface area contributed by atoms with Gasteiger partial charge in [-0.25, -0.2) is 0 Å². The molecule has 0 saturated carbocycles. The van der Waals surface area contributed by atoms with Crippen LogP contribution in [0.25, 0.3) is 0 Å². The Hall–Kier alpha value is -1.30. The average molecular weight is 321 g/mol. The standard InChI is InChI=1S/C12H8BrF3O2/c13-7-3-4-8(9(6-7)12(14,15)16)11(17)10-2-1-5-18-10/h2-4,6H,1,5H2. The fourth-order valence-corrected chi connectivity index (χ4v) is 2.02. The average Bonchev–Trinajstić information content (AvgIpc) is 2.80. The lowest BCUT2D eigenvalue weighted by atomic mass is 10.0. The monoisotopic (exact) mass is 320 g/mol. The van der Waals surface area contributed by atoms with Crippen molar-refractivity contribution in [3.05, 3.63) is 45.6 Å². The number of ether oxygens (including phenoxy) is 1. The van der Waals surface area contributed by atoms with Crippen LogP contribution < -0.4 is 0 Å². The molecule has 2 nitrogen and oxygen atoms in total. The van der Waals surface area contributed by atoms with Crippen molar-refractivity contribution in [1.29, 1.82) is 0 Å². The number of hydrogen-bond acceptors (Lipinski definition) is 2. The second-order valence-electron chi connectivity index (χ2n) is 3.72. The van der Waals surface area contributed by atoms with Gasteiger partial charge in [0.1, 0.15) is 0 Å². The Bertz CT molecular complexity index is 521. The second kappa shape index (κ2) is 4.76. The third-order valence-corrected chi connectivity index (χ3v) is 2.95. The minimum absolute atomic E-state index is 0.0113. The van der Waals surface area contributed by atoms with E-state index in [0.29, 0.717) is 13.0 Å². The third kappa shape index (κ3) is 2.58. The fraction of sp³-hybridized carbons (Fsp3) is 0.250. The normalized spacial score (nSPS) is 15.2. The molecule has 6 heteroatoms. The molecular formula is C12H8BrF3O2. The summed E-state index contributed by atoms with van der Waals surface area (Å²) in [7, 11) is 0. The van der Waals surface area contributed by atoms with E-state index in [1.165, 1.54) is 12.1 Å². The zero-order chi connectivity index (χ0) is 13.3. The maximum atomic E-state index is 12.8. The summed E-state index contributed by atoms with van der Waals surface area (Å²) >= 11 is 2.96. The first-order valence-corrected chi connectivity index (χ1v) is 5.93. The van der Waals surface area contributed by atoms with Crippen molar-refractivity contribution in [1.82, 2.24) is 0 Å². The lowest BCUT2D eigenvalue weighted by Gasteiger charge is -2.12. The molecule has 0 unspecified atom stereocenters. The van der Waals surface area contributed by atoms with Gasteiger partial charge >= 0.3 is 6.18 Å². The summed E-state index contributed by atoms with van der Waals surface area (Å²) < 4.78 is 43.8. The maximum absolute atomic E-state index is 12.8. The summed E-state index contributed by atoms with van der Waals surface area (Å²) in [6.07, 6.45) is -2.53. The van der Waals surface area contributed by atoms with Crippen molar-refractivity contribution < 1.29 is 22.7 Å². The van der Waals surface area contributed by atoms with E-state index >= 15 is 0 Å². The molecule has 18 heavy (non-hydrogen) atoms. The molecule has 1 aliphatic rings. The Morgan fingerprint density at radius 1 is 1.33 bits per heavy atom. The molecule has 0 spiro atoms. The number of ketones is 1. The molecule has 0 radical (unpaired) electrons. The van der Waals surface area contributed by atoms with Gasteiger partial charge in [-0.1, -0.05) is 15.9 Å². The SMILES string of the molecule is O=C(C1=CCCO1)c1ccc(Br)cc1C(F)(F)F. The molecule has 96 valence electrons. The highest BCUT2D eigenvalue weighted by Gasteiger charge is 2.36. The van der Waals surface area contributed by atoms with E-state index < -0.39 is 17.5 Å². The number of benzene rings is 1. The van der Waals surface area contributed by atoms with Crippen molar-refractivity contribution in [3.8, 4) is 0 Å². The molecule has 1 heterocycles. The predicted molar refractivity (Wildman–Crippen MR) is 62.1 cm³/mol. The smallest absolute Gasteiger partial charge is 0.417 e. The maximum Gasteiger partial charge on any atom is 0.417 e. The fourth-order valence-electron chi connectivity index (χ4n) is 1.66. The highest BCUT2D eigenvalue weighted by molar-refractivity contribution is 9.10. The third-order valence-electron chi connectivity index (χ3n) is 2.46. The van der Waals surface area contributed by atoms with Crippen molar-refractivity contribution in [2.24, 2.45) is 0 Å². The van der Waals surface area contributed by atoms with Crippen molar-refractivity contribution in [3.63, 3.8) is 0 Å². The van der Waals surface area contributed by atoms with Crippen LogP contribution in [0, 0.1) is 0 Å². The number of alkyl halides is 3. The lowest BCUT2D eigenvalue weighted by Crippen LogP contribution is -2.14. The van der Waals surface area contributed by atoms with Crippen LogP contribution in [0.5, 0.6) is 0 Å². The summed E-state index contributed by atoms with van der Waals surface area (Å²) in [6, 6.07) is 3.44. The lowest BCUT2D eigenvalue weighted by molar-refractivity contribution is -0.137. The molecule has 2 rings (SSSR count). The van der Waals surface area contributed by atoms with Gasteiger partial charge in [-0.2, -0.15) is 13.2 Å². The number of Topliss-reactive ketones (excluding diaryl/α,β-unsaturated/α-hetero) is 1. The molecule has 0 atom stereocenters. The highest BCUT2D eigenvalue weighted by Crippen LogP contribution is 2.35. The minimum Gasteiger partial charge on any atom is -0.489 e. The second-order valence-corrected chi connectivity index (χ2v) is 4.64. The quantitative estimate of drug-likeness (QED) is 0.771. The molecule has 1 aromatic rings. The van der Waals surface area contributed by atoms with Crippen molar-refractivity contribution in [2.75, 3.05) is 6.61 Å². The summed E-state index contributed by atoms with van der Waals surface area (Å²) in [4.78, 5) is 11.9. The number of rotatable bonds is 2. The van der Waals surface area contributed by atoms with E-state index in [0.717, 1.165) is 12.1 Å². The van der Waals surface area contributed by atoms with Crippen LogP contribution in [0.15, 0.2) is 34.5 Å². The van der Waals surface area contributed by atoms with E-state index in [-0.39, 0.29) is 15.8 Å². The van der Waals surface area contributed by atoms with Gasteiger partial charge in [0, 0.05) is 16.5 Å². The molecule has 0 fully saturated rings. The molecule has 0 bridgehead atoms. The number of hydrogen-bond donors (Lipinski definition) is 0. The summed E-state index contributed by atoms with van der Waals surface area (Å²) in [6.45, 7) is 0.332. The van der Waals surface area contributed by atoms with Crippen LogP contribution in [-0.4, -0.2) is 12.4 Å². The molecule has 0 aromatic heterocycles. The Labute approximate surface area is 110 Å². The van der Waals surface area contributed by atoms with Crippen LogP contribution in [0.2, 0.25) is 0 Å². The van der Waals surface area contributed by atoms with Crippen LogP contribution in [0.3, 0.4) is 0 Å².